The maximum Gasteiger partial charge on any atom is 0.228 e. The fourth-order valence-electron chi connectivity index (χ4n) is 2.74. The Hall–Kier alpha value is -2.37. The summed E-state index contributed by atoms with van der Waals surface area (Å²) in [6.45, 7) is 3.10. The number of benzene rings is 1. The van der Waals surface area contributed by atoms with Crippen molar-refractivity contribution in [3.05, 3.63) is 41.9 Å². The number of aromatic nitrogens is 1. The van der Waals surface area contributed by atoms with Crippen LogP contribution < -0.4 is 10.2 Å². The summed E-state index contributed by atoms with van der Waals surface area (Å²) in [4.78, 5) is 14.2. The third-order valence-corrected chi connectivity index (χ3v) is 3.94. The van der Waals surface area contributed by atoms with Gasteiger partial charge in [-0.15, -0.1) is 0 Å². The first-order valence-electron chi connectivity index (χ1n) is 7.37. The van der Waals surface area contributed by atoms with Crippen LogP contribution in [0.25, 0.3) is 0 Å². The second-order valence-electron chi connectivity index (χ2n) is 5.52. The van der Waals surface area contributed by atoms with Crippen molar-refractivity contribution >= 4 is 17.4 Å². The summed E-state index contributed by atoms with van der Waals surface area (Å²) in [6, 6.07) is 8.42. The van der Waals surface area contributed by atoms with Crippen LogP contribution in [0, 0.1) is 18.7 Å². The van der Waals surface area contributed by atoms with Gasteiger partial charge in [-0.3, -0.25) is 4.79 Å². The minimum absolute atomic E-state index is 0.0542. The Kier molecular flexibility index (Phi) is 4.09. The van der Waals surface area contributed by atoms with Crippen molar-refractivity contribution in [2.75, 3.05) is 23.3 Å². The molecule has 6 heteroatoms. The van der Waals surface area contributed by atoms with Gasteiger partial charge in [0, 0.05) is 25.1 Å². The van der Waals surface area contributed by atoms with Crippen LogP contribution in [0.3, 0.4) is 0 Å². The summed E-state index contributed by atoms with van der Waals surface area (Å²) in [5.74, 6) is 0.744. The van der Waals surface area contributed by atoms with E-state index in [-0.39, 0.29) is 17.6 Å². The minimum Gasteiger partial charge on any atom is -0.369 e. The Morgan fingerprint density at radius 3 is 2.73 bits per heavy atom. The van der Waals surface area contributed by atoms with Crippen molar-refractivity contribution in [2.24, 2.45) is 5.92 Å². The molecule has 0 spiro atoms. The van der Waals surface area contributed by atoms with E-state index >= 15 is 0 Å². The second kappa shape index (κ2) is 6.17. The lowest BCUT2D eigenvalue weighted by atomic mass is 9.95. The van der Waals surface area contributed by atoms with E-state index in [2.05, 4.69) is 10.5 Å². The van der Waals surface area contributed by atoms with Crippen molar-refractivity contribution in [2.45, 2.75) is 19.8 Å². The number of halogens is 1. The number of para-hydroxylation sites is 1. The number of carbonyl (C=O) groups is 1. The Bertz CT molecular complexity index is 663. The summed E-state index contributed by atoms with van der Waals surface area (Å²) in [7, 11) is 0. The molecular formula is C16H18FN3O2. The monoisotopic (exact) mass is 303 g/mol. The summed E-state index contributed by atoms with van der Waals surface area (Å²) < 4.78 is 18.7. The van der Waals surface area contributed by atoms with Crippen LogP contribution in [0.2, 0.25) is 0 Å². The molecule has 1 aliphatic heterocycles. The van der Waals surface area contributed by atoms with Gasteiger partial charge in [0.05, 0.1) is 5.69 Å². The molecule has 2 aromatic rings. The van der Waals surface area contributed by atoms with E-state index < -0.39 is 0 Å². The highest BCUT2D eigenvalue weighted by atomic mass is 19.1. The lowest BCUT2D eigenvalue weighted by Gasteiger charge is -2.33. The molecule has 1 aromatic carbocycles. The van der Waals surface area contributed by atoms with E-state index in [1.807, 2.05) is 11.0 Å². The van der Waals surface area contributed by atoms with Crippen LogP contribution >= 0.6 is 0 Å². The molecule has 1 saturated heterocycles. The Labute approximate surface area is 128 Å². The van der Waals surface area contributed by atoms with Crippen LogP contribution in [0.5, 0.6) is 0 Å². The maximum absolute atomic E-state index is 13.8. The standard InChI is InChI=1S/C16H18FN3O2/c1-11-10-15(19-22-11)18-16(21)12-6-8-20(9-7-12)14-5-3-2-4-13(14)17/h2-5,10,12H,6-9H2,1H3,(H,18,19,21). The number of nitrogens with zero attached hydrogens (tertiary/aromatic N) is 2. The van der Waals surface area contributed by atoms with Crippen LogP contribution in [0.4, 0.5) is 15.9 Å². The van der Waals surface area contributed by atoms with Gasteiger partial charge in [0.2, 0.25) is 5.91 Å². The topological polar surface area (TPSA) is 58.4 Å². The van der Waals surface area contributed by atoms with Gasteiger partial charge >= 0.3 is 0 Å². The van der Waals surface area contributed by atoms with Crippen LogP contribution in [0.1, 0.15) is 18.6 Å². The quantitative estimate of drug-likeness (QED) is 0.947. The predicted octanol–water partition coefficient (Wildman–Crippen LogP) is 2.98. The maximum atomic E-state index is 13.8. The average molecular weight is 303 g/mol. The number of carbonyl (C=O) groups excluding carboxylic acids is 1. The van der Waals surface area contributed by atoms with Crippen molar-refractivity contribution in [1.82, 2.24) is 5.16 Å². The number of amides is 1. The van der Waals surface area contributed by atoms with Crippen molar-refractivity contribution in [1.29, 1.82) is 0 Å². The molecule has 5 nitrogen and oxygen atoms in total. The zero-order valence-electron chi connectivity index (χ0n) is 12.4. The molecule has 3 rings (SSSR count). The molecule has 1 amide bonds. The van der Waals surface area contributed by atoms with Crippen molar-refractivity contribution in [3.8, 4) is 0 Å². The van der Waals surface area contributed by atoms with E-state index in [0.29, 0.717) is 43.2 Å². The lowest BCUT2D eigenvalue weighted by Crippen LogP contribution is -2.38. The normalized spacial score (nSPS) is 15.8. The van der Waals surface area contributed by atoms with Crippen molar-refractivity contribution in [3.63, 3.8) is 0 Å². The zero-order chi connectivity index (χ0) is 15.5. The molecule has 1 aliphatic rings. The van der Waals surface area contributed by atoms with E-state index in [1.165, 1.54) is 6.07 Å². The number of hydrogen-bond acceptors (Lipinski definition) is 4. The van der Waals surface area contributed by atoms with Crippen LogP contribution in [-0.2, 0) is 4.79 Å². The fourth-order valence-corrected chi connectivity index (χ4v) is 2.74. The summed E-state index contributed by atoms with van der Waals surface area (Å²) in [5.41, 5.74) is 0.605. The Balaban J connectivity index is 1.57. The lowest BCUT2D eigenvalue weighted by molar-refractivity contribution is -0.120. The minimum atomic E-state index is -0.219. The number of hydrogen-bond donors (Lipinski definition) is 1. The van der Waals surface area contributed by atoms with Gasteiger partial charge in [0.25, 0.3) is 0 Å². The zero-order valence-corrected chi connectivity index (χ0v) is 12.4. The SMILES string of the molecule is Cc1cc(NC(=O)C2CCN(c3ccccc3F)CC2)no1. The molecule has 0 radical (unpaired) electrons. The molecule has 1 fully saturated rings. The molecule has 1 aromatic heterocycles. The van der Waals surface area contributed by atoms with Gasteiger partial charge in [0.15, 0.2) is 5.82 Å². The highest BCUT2D eigenvalue weighted by molar-refractivity contribution is 5.91. The average Bonchev–Trinajstić information content (AvgIpc) is 2.93. The summed E-state index contributed by atoms with van der Waals surface area (Å²) >= 11 is 0. The predicted molar refractivity (Wildman–Crippen MR) is 81.2 cm³/mol. The van der Waals surface area contributed by atoms with Gasteiger partial charge in [-0.2, -0.15) is 0 Å². The van der Waals surface area contributed by atoms with Gasteiger partial charge in [-0.1, -0.05) is 17.3 Å². The third-order valence-electron chi connectivity index (χ3n) is 3.94. The van der Waals surface area contributed by atoms with Gasteiger partial charge in [0.1, 0.15) is 11.6 Å². The molecule has 0 bridgehead atoms. The number of rotatable bonds is 3. The van der Waals surface area contributed by atoms with E-state index in [9.17, 15) is 9.18 Å². The first-order valence-corrected chi connectivity index (χ1v) is 7.37. The highest BCUT2D eigenvalue weighted by Crippen LogP contribution is 2.26. The Morgan fingerprint density at radius 1 is 1.36 bits per heavy atom. The van der Waals surface area contributed by atoms with E-state index in [4.69, 9.17) is 4.52 Å². The summed E-state index contributed by atoms with van der Waals surface area (Å²) in [6.07, 6.45) is 1.38. The molecule has 0 saturated carbocycles. The molecule has 22 heavy (non-hydrogen) atoms. The van der Waals surface area contributed by atoms with E-state index in [1.54, 1.807) is 25.1 Å². The van der Waals surface area contributed by atoms with Crippen LogP contribution in [0.15, 0.2) is 34.9 Å². The fraction of sp³-hybridized carbons (Fsp3) is 0.375. The third kappa shape index (κ3) is 3.10. The number of aryl methyl sites for hydroxylation is 1. The molecule has 0 atom stereocenters. The largest absolute Gasteiger partial charge is 0.369 e. The molecule has 116 valence electrons. The smallest absolute Gasteiger partial charge is 0.228 e. The van der Waals surface area contributed by atoms with E-state index in [0.717, 1.165) is 0 Å². The first-order chi connectivity index (χ1) is 10.6. The highest BCUT2D eigenvalue weighted by Gasteiger charge is 2.26. The number of anilines is 2. The number of piperidine rings is 1. The molecule has 0 unspecified atom stereocenters. The molecule has 2 heterocycles. The Morgan fingerprint density at radius 2 is 2.09 bits per heavy atom. The molecular weight excluding hydrogens is 285 g/mol. The van der Waals surface area contributed by atoms with Crippen LogP contribution in [-0.4, -0.2) is 24.2 Å². The van der Waals surface area contributed by atoms with Gasteiger partial charge in [-0.05, 0) is 31.9 Å². The first kappa shape index (κ1) is 14.6. The van der Waals surface area contributed by atoms with Gasteiger partial charge in [-0.25, -0.2) is 4.39 Å². The van der Waals surface area contributed by atoms with Crippen molar-refractivity contribution < 1.29 is 13.7 Å². The summed E-state index contributed by atoms with van der Waals surface area (Å²) in [5, 5.41) is 6.52. The molecule has 0 aliphatic carbocycles. The number of nitrogens with one attached hydrogen (secondary N) is 1. The molecule has 1 N–H and O–H groups in total. The van der Waals surface area contributed by atoms with Gasteiger partial charge < -0.3 is 14.7 Å². The second-order valence-corrected chi connectivity index (χ2v) is 5.52.